The van der Waals surface area contributed by atoms with Crippen molar-refractivity contribution in [2.45, 2.75) is 31.6 Å². The lowest BCUT2D eigenvalue weighted by molar-refractivity contribution is 0.00475. The number of nitrogens with one attached hydrogen (secondary N) is 1. The zero-order chi connectivity index (χ0) is 21.5. The number of piperidine rings is 1. The Morgan fingerprint density at radius 3 is 2.57 bits per heavy atom. The van der Waals surface area contributed by atoms with Crippen LogP contribution in [0.4, 0.5) is 10.5 Å². The second-order valence-corrected chi connectivity index (χ2v) is 7.18. The van der Waals surface area contributed by atoms with Gasteiger partial charge in [-0.2, -0.15) is 0 Å². The zero-order valence-corrected chi connectivity index (χ0v) is 17.6. The zero-order valence-electron chi connectivity index (χ0n) is 17.6. The van der Waals surface area contributed by atoms with Crippen LogP contribution in [-0.2, 0) is 20.8 Å². The lowest BCUT2D eigenvalue weighted by Crippen LogP contribution is -2.43. The van der Waals surface area contributed by atoms with Gasteiger partial charge >= 0.3 is 12.1 Å². The molecule has 2 atom stereocenters. The third-order valence-electron chi connectivity index (χ3n) is 5.43. The van der Waals surface area contributed by atoms with E-state index in [9.17, 15) is 9.59 Å². The van der Waals surface area contributed by atoms with Crippen LogP contribution >= 0.6 is 0 Å². The van der Waals surface area contributed by atoms with Gasteiger partial charge in [0.2, 0.25) is 0 Å². The van der Waals surface area contributed by atoms with Crippen LogP contribution in [0, 0.1) is 0 Å². The molecule has 1 saturated heterocycles. The van der Waals surface area contributed by atoms with Gasteiger partial charge in [0.15, 0.2) is 0 Å². The van der Waals surface area contributed by atoms with E-state index in [-0.39, 0.29) is 24.8 Å². The van der Waals surface area contributed by atoms with Crippen LogP contribution in [0.5, 0.6) is 0 Å². The Labute approximate surface area is 176 Å². The molecular formula is C23H28N2O5. The lowest BCUT2D eigenvalue weighted by atomic mass is 9.92. The van der Waals surface area contributed by atoms with Crippen molar-refractivity contribution in [2.24, 2.45) is 0 Å². The predicted octanol–water partition coefficient (Wildman–Crippen LogP) is 4.00. The Balaban J connectivity index is 1.82. The van der Waals surface area contributed by atoms with Gasteiger partial charge in [0.05, 0.1) is 24.8 Å². The highest BCUT2D eigenvalue weighted by atomic mass is 16.6. The molecule has 1 fully saturated rings. The van der Waals surface area contributed by atoms with E-state index in [1.165, 1.54) is 7.11 Å². The van der Waals surface area contributed by atoms with Crippen LogP contribution in [0.3, 0.4) is 0 Å². The largest absolute Gasteiger partial charge is 0.465 e. The van der Waals surface area contributed by atoms with Gasteiger partial charge in [0.25, 0.3) is 0 Å². The minimum atomic E-state index is -0.413. The summed E-state index contributed by atoms with van der Waals surface area (Å²) in [6.45, 7) is 0.754. The Hall–Kier alpha value is -3.06. The molecule has 7 heteroatoms. The van der Waals surface area contributed by atoms with E-state index >= 15 is 0 Å². The fraction of sp³-hybridized carbons (Fsp3) is 0.391. The average molecular weight is 412 g/mol. The number of rotatable bonds is 6. The fourth-order valence-corrected chi connectivity index (χ4v) is 3.75. The molecule has 0 aliphatic carbocycles. The van der Waals surface area contributed by atoms with E-state index in [4.69, 9.17) is 14.2 Å². The minimum absolute atomic E-state index is 0.0477. The van der Waals surface area contributed by atoms with Gasteiger partial charge in [-0.05, 0) is 36.1 Å². The van der Waals surface area contributed by atoms with Crippen molar-refractivity contribution in [2.75, 3.05) is 33.1 Å². The maximum Gasteiger partial charge on any atom is 0.410 e. The molecule has 0 aromatic heterocycles. The van der Waals surface area contributed by atoms with Crippen LogP contribution < -0.4 is 5.32 Å². The minimum Gasteiger partial charge on any atom is -0.465 e. The molecule has 1 aliphatic heterocycles. The highest BCUT2D eigenvalue weighted by molar-refractivity contribution is 5.95. The second-order valence-electron chi connectivity index (χ2n) is 7.18. The van der Waals surface area contributed by atoms with E-state index < -0.39 is 5.97 Å². The highest BCUT2D eigenvalue weighted by Crippen LogP contribution is 2.35. The summed E-state index contributed by atoms with van der Waals surface area (Å²) in [6.07, 6.45) is 1.08. The smallest absolute Gasteiger partial charge is 0.410 e. The SMILES string of the molecule is CNc1cc(C2CC(OC)CCN2C(=O)OCc2ccccc2)ccc1C(=O)OC. The summed E-state index contributed by atoms with van der Waals surface area (Å²) in [5.41, 5.74) is 2.94. The summed E-state index contributed by atoms with van der Waals surface area (Å²) >= 11 is 0. The number of carbonyl (C=O) groups excluding carboxylic acids is 2. The number of carbonyl (C=O) groups is 2. The molecule has 2 unspecified atom stereocenters. The molecule has 2 aromatic carbocycles. The first-order chi connectivity index (χ1) is 14.6. The van der Waals surface area contributed by atoms with Crippen LogP contribution in [0.15, 0.2) is 48.5 Å². The van der Waals surface area contributed by atoms with Crippen molar-refractivity contribution in [3.8, 4) is 0 Å². The number of esters is 1. The fourth-order valence-electron chi connectivity index (χ4n) is 3.75. The van der Waals surface area contributed by atoms with Crippen molar-refractivity contribution >= 4 is 17.7 Å². The Morgan fingerprint density at radius 1 is 1.13 bits per heavy atom. The summed E-state index contributed by atoms with van der Waals surface area (Å²) in [7, 11) is 4.78. The Bertz CT molecular complexity index is 871. The van der Waals surface area contributed by atoms with Crippen molar-refractivity contribution in [1.82, 2.24) is 4.90 Å². The molecule has 2 aromatic rings. The van der Waals surface area contributed by atoms with E-state index in [0.29, 0.717) is 24.2 Å². The maximum atomic E-state index is 12.9. The first-order valence-corrected chi connectivity index (χ1v) is 9.97. The van der Waals surface area contributed by atoms with Gasteiger partial charge in [0, 0.05) is 26.4 Å². The van der Waals surface area contributed by atoms with Gasteiger partial charge < -0.3 is 24.4 Å². The van der Waals surface area contributed by atoms with Gasteiger partial charge in [-0.15, -0.1) is 0 Å². The number of hydrogen-bond acceptors (Lipinski definition) is 6. The van der Waals surface area contributed by atoms with Crippen molar-refractivity contribution < 1.29 is 23.8 Å². The molecule has 1 aliphatic rings. The first-order valence-electron chi connectivity index (χ1n) is 9.97. The Kier molecular flexibility index (Phi) is 7.30. The summed E-state index contributed by atoms with van der Waals surface area (Å²) in [6, 6.07) is 14.8. The quantitative estimate of drug-likeness (QED) is 0.723. The summed E-state index contributed by atoms with van der Waals surface area (Å²) < 4.78 is 16.0. The van der Waals surface area contributed by atoms with Crippen molar-refractivity contribution in [3.05, 3.63) is 65.2 Å². The Morgan fingerprint density at radius 2 is 1.90 bits per heavy atom. The lowest BCUT2D eigenvalue weighted by Gasteiger charge is -2.38. The monoisotopic (exact) mass is 412 g/mol. The van der Waals surface area contributed by atoms with Gasteiger partial charge in [-0.25, -0.2) is 9.59 Å². The molecule has 160 valence electrons. The third-order valence-corrected chi connectivity index (χ3v) is 5.43. The first kappa shape index (κ1) is 21.6. The number of likely N-dealkylation sites (tertiary alicyclic amines) is 1. The van der Waals surface area contributed by atoms with Crippen molar-refractivity contribution in [3.63, 3.8) is 0 Å². The van der Waals surface area contributed by atoms with Crippen LogP contribution in [0.25, 0.3) is 0 Å². The van der Waals surface area contributed by atoms with Crippen LogP contribution in [0.2, 0.25) is 0 Å². The number of nitrogens with zero attached hydrogens (tertiary/aromatic N) is 1. The van der Waals surface area contributed by atoms with E-state index in [1.54, 1.807) is 25.1 Å². The molecule has 0 saturated carbocycles. The van der Waals surface area contributed by atoms with Gasteiger partial charge in [0.1, 0.15) is 6.61 Å². The summed E-state index contributed by atoms with van der Waals surface area (Å²) in [5, 5.41) is 3.04. The molecule has 0 radical (unpaired) electrons. The van der Waals surface area contributed by atoms with Crippen LogP contribution in [-0.4, -0.2) is 50.9 Å². The summed E-state index contributed by atoms with van der Waals surface area (Å²) in [4.78, 5) is 26.6. The molecule has 3 rings (SSSR count). The number of hydrogen-bond donors (Lipinski definition) is 1. The van der Waals surface area contributed by atoms with E-state index in [1.807, 2.05) is 42.5 Å². The number of anilines is 1. The standard InChI is InChI=1S/C23H28N2O5/c1-24-20-13-17(9-10-19(20)22(26)29-3)21-14-18(28-2)11-12-25(21)23(27)30-15-16-7-5-4-6-8-16/h4-10,13,18,21,24H,11-12,14-15H2,1-3H3. The molecule has 1 amide bonds. The molecule has 7 nitrogen and oxygen atoms in total. The number of benzene rings is 2. The van der Waals surface area contributed by atoms with E-state index in [0.717, 1.165) is 17.5 Å². The summed E-state index contributed by atoms with van der Waals surface area (Å²) in [5.74, 6) is -0.413. The predicted molar refractivity (Wildman–Crippen MR) is 113 cm³/mol. The normalized spacial score (nSPS) is 18.6. The molecule has 1 heterocycles. The number of amides is 1. The van der Waals surface area contributed by atoms with Gasteiger partial charge in [-0.1, -0.05) is 36.4 Å². The molecule has 1 N–H and O–H groups in total. The third kappa shape index (κ3) is 4.91. The highest BCUT2D eigenvalue weighted by Gasteiger charge is 2.34. The molecular weight excluding hydrogens is 384 g/mol. The number of methoxy groups -OCH3 is 2. The second kappa shape index (κ2) is 10.1. The van der Waals surface area contributed by atoms with E-state index in [2.05, 4.69) is 5.32 Å². The van der Waals surface area contributed by atoms with Gasteiger partial charge in [-0.3, -0.25) is 0 Å². The topological polar surface area (TPSA) is 77.1 Å². The molecule has 30 heavy (non-hydrogen) atoms. The number of ether oxygens (including phenoxy) is 3. The molecule has 0 spiro atoms. The average Bonchev–Trinajstić information content (AvgIpc) is 2.81. The molecule has 0 bridgehead atoms. The van der Waals surface area contributed by atoms with Crippen LogP contribution in [0.1, 0.15) is 40.4 Å². The van der Waals surface area contributed by atoms with Crippen molar-refractivity contribution in [1.29, 1.82) is 0 Å². The maximum absolute atomic E-state index is 12.9.